The molecule has 1 amide bonds. The largest absolute Gasteiger partial charge is 0.481 e. The Kier molecular flexibility index (Phi) is 6.02. The normalized spacial score (nSPS) is 10.1. The van der Waals surface area contributed by atoms with Gasteiger partial charge in [-0.25, -0.2) is 4.39 Å². The van der Waals surface area contributed by atoms with Crippen LogP contribution in [0.1, 0.15) is 13.8 Å². The Labute approximate surface area is 121 Å². The first-order valence-electron chi connectivity index (χ1n) is 5.94. The highest BCUT2D eigenvalue weighted by Gasteiger charge is 2.13. The van der Waals surface area contributed by atoms with Crippen molar-refractivity contribution in [1.29, 1.82) is 0 Å². The molecule has 0 aliphatic rings. The number of rotatable bonds is 6. The van der Waals surface area contributed by atoms with E-state index in [-0.39, 0.29) is 18.3 Å². The van der Waals surface area contributed by atoms with E-state index < -0.39 is 5.82 Å². The number of nitrogens with zero attached hydrogens (tertiary/aromatic N) is 1. The lowest BCUT2D eigenvalue weighted by Crippen LogP contribution is -2.35. The predicted molar refractivity (Wildman–Crippen MR) is 76.7 cm³/mol. The number of carbonyl (C=O) groups excluding carboxylic acids is 1. The van der Waals surface area contributed by atoms with Gasteiger partial charge in [-0.05, 0) is 32.0 Å². The molecule has 5 heteroatoms. The monoisotopic (exact) mass is 329 g/mol. The lowest BCUT2D eigenvalue weighted by Gasteiger charge is -2.21. The lowest BCUT2D eigenvalue weighted by atomic mass is 10.3. The minimum atomic E-state index is -0.495. The molecule has 0 saturated carbocycles. The van der Waals surface area contributed by atoms with Crippen molar-refractivity contribution >= 4 is 21.8 Å². The van der Waals surface area contributed by atoms with Gasteiger partial charge in [0, 0.05) is 17.6 Å². The molecule has 3 nitrogen and oxygen atoms in total. The Balaban J connectivity index is 2.60. The van der Waals surface area contributed by atoms with Gasteiger partial charge in [0.1, 0.15) is 0 Å². The maximum atomic E-state index is 13.5. The van der Waals surface area contributed by atoms with Crippen LogP contribution in [0.25, 0.3) is 0 Å². The van der Waals surface area contributed by atoms with Crippen LogP contribution in [0, 0.1) is 5.82 Å². The van der Waals surface area contributed by atoms with Gasteiger partial charge in [0.25, 0.3) is 5.91 Å². The molecule has 0 spiro atoms. The van der Waals surface area contributed by atoms with Crippen LogP contribution in [0.2, 0.25) is 0 Å². The molecule has 0 atom stereocenters. The zero-order valence-electron chi connectivity index (χ0n) is 11.1. The molecule has 0 heterocycles. The van der Waals surface area contributed by atoms with Crippen LogP contribution in [0.5, 0.6) is 5.75 Å². The highest BCUT2D eigenvalue weighted by molar-refractivity contribution is 9.10. The summed E-state index contributed by atoms with van der Waals surface area (Å²) in [4.78, 5) is 13.5. The van der Waals surface area contributed by atoms with Gasteiger partial charge in [0.05, 0.1) is 0 Å². The van der Waals surface area contributed by atoms with Crippen molar-refractivity contribution in [3.05, 3.63) is 40.6 Å². The van der Waals surface area contributed by atoms with E-state index in [1.165, 1.54) is 12.1 Å². The third-order valence-corrected chi connectivity index (χ3v) is 2.93. The van der Waals surface area contributed by atoms with Gasteiger partial charge >= 0.3 is 0 Å². The van der Waals surface area contributed by atoms with Gasteiger partial charge in [0.15, 0.2) is 18.2 Å². The van der Waals surface area contributed by atoms with Gasteiger partial charge in [-0.1, -0.05) is 28.1 Å². The summed E-state index contributed by atoms with van der Waals surface area (Å²) >= 11 is 3.16. The zero-order valence-corrected chi connectivity index (χ0v) is 12.7. The minimum absolute atomic E-state index is 0.0722. The number of likely N-dealkylation sites (N-methyl/N-ethyl adjacent to an activating group) is 1. The van der Waals surface area contributed by atoms with E-state index in [0.29, 0.717) is 17.6 Å². The van der Waals surface area contributed by atoms with E-state index in [1.807, 2.05) is 13.8 Å². The molecule has 1 aromatic carbocycles. The summed E-state index contributed by atoms with van der Waals surface area (Å²) in [5, 5.41) is 0. The second-order valence-electron chi connectivity index (χ2n) is 4.23. The summed E-state index contributed by atoms with van der Waals surface area (Å²) < 4.78 is 19.3. The predicted octanol–water partition coefficient (Wildman–Crippen LogP) is 3.39. The topological polar surface area (TPSA) is 29.5 Å². The van der Waals surface area contributed by atoms with Crippen molar-refractivity contribution in [2.24, 2.45) is 0 Å². The smallest absolute Gasteiger partial charge is 0.260 e. The molecule has 1 rings (SSSR count). The van der Waals surface area contributed by atoms with Crippen LogP contribution in [0.15, 0.2) is 34.8 Å². The second kappa shape index (κ2) is 7.28. The number of hydrogen-bond acceptors (Lipinski definition) is 2. The average Bonchev–Trinajstić information content (AvgIpc) is 2.34. The van der Waals surface area contributed by atoms with Gasteiger partial charge in [-0.3, -0.25) is 4.79 Å². The summed E-state index contributed by atoms with van der Waals surface area (Å²) in [5.74, 6) is -0.610. The first-order chi connectivity index (χ1) is 8.93. The molecular weight excluding hydrogens is 313 g/mol. The number of ether oxygens (including phenoxy) is 1. The Bertz CT molecular complexity index is 477. The van der Waals surface area contributed by atoms with E-state index in [2.05, 4.69) is 22.5 Å². The van der Waals surface area contributed by atoms with Crippen LogP contribution in [0.3, 0.4) is 0 Å². The van der Waals surface area contributed by atoms with E-state index in [9.17, 15) is 9.18 Å². The molecular formula is C14H17BrFNO2. The van der Waals surface area contributed by atoms with Crippen LogP contribution in [-0.2, 0) is 4.79 Å². The SMILES string of the molecule is C=C(C)CN(CC)C(=O)COc1ccc(Br)cc1F. The van der Waals surface area contributed by atoms with Crippen molar-refractivity contribution in [3.63, 3.8) is 0 Å². The lowest BCUT2D eigenvalue weighted by molar-refractivity contribution is -0.132. The number of halogens is 2. The molecule has 0 aliphatic carbocycles. The molecule has 0 unspecified atom stereocenters. The summed E-state index contributed by atoms with van der Waals surface area (Å²) in [6.07, 6.45) is 0. The van der Waals surface area contributed by atoms with Gasteiger partial charge < -0.3 is 9.64 Å². The molecule has 0 bridgehead atoms. The standard InChI is InChI=1S/C14H17BrFNO2/c1-4-17(8-10(2)3)14(18)9-19-13-6-5-11(15)7-12(13)16/h5-7H,2,4,8-9H2,1,3H3. The van der Waals surface area contributed by atoms with E-state index in [1.54, 1.807) is 11.0 Å². The number of benzene rings is 1. The first kappa shape index (κ1) is 15.7. The van der Waals surface area contributed by atoms with E-state index in [4.69, 9.17) is 4.74 Å². The molecule has 104 valence electrons. The Hall–Kier alpha value is -1.36. The molecule has 0 saturated heterocycles. The van der Waals surface area contributed by atoms with Crippen LogP contribution < -0.4 is 4.74 Å². The van der Waals surface area contributed by atoms with Crippen molar-refractivity contribution < 1.29 is 13.9 Å². The highest BCUT2D eigenvalue weighted by Crippen LogP contribution is 2.21. The van der Waals surface area contributed by atoms with Gasteiger partial charge in [-0.2, -0.15) is 0 Å². The maximum absolute atomic E-state index is 13.5. The maximum Gasteiger partial charge on any atom is 0.260 e. The molecule has 0 aliphatic heterocycles. The number of amides is 1. The van der Waals surface area contributed by atoms with Crippen molar-refractivity contribution in [3.8, 4) is 5.75 Å². The number of hydrogen-bond donors (Lipinski definition) is 0. The summed E-state index contributed by atoms with van der Waals surface area (Å²) in [6.45, 7) is 8.37. The van der Waals surface area contributed by atoms with Crippen LogP contribution in [0.4, 0.5) is 4.39 Å². The zero-order chi connectivity index (χ0) is 14.4. The molecule has 0 fully saturated rings. The molecule has 0 radical (unpaired) electrons. The Morgan fingerprint density at radius 3 is 2.74 bits per heavy atom. The average molecular weight is 330 g/mol. The molecule has 0 N–H and O–H groups in total. The number of carbonyl (C=O) groups is 1. The summed E-state index contributed by atoms with van der Waals surface area (Å²) in [7, 11) is 0. The fourth-order valence-corrected chi connectivity index (χ4v) is 1.86. The van der Waals surface area contributed by atoms with E-state index in [0.717, 1.165) is 5.57 Å². The fraction of sp³-hybridized carbons (Fsp3) is 0.357. The molecule has 19 heavy (non-hydrogen) atoms. The highest BCUT2D eigenvalue weighted by atomic mass is 79.9. The van der Waals surface area contributed by atoms with E-state index >= 15 is 0 Å². The Morgan fingerprint density at radius 1 is 1.53 bits per heavy atom. The second-order valence-corrected chi connectivity index (χ2v) is 5.14. The summed E-state index contributed by atoms with van der Waals surface area (Å²) in [5.41, 5.74) is 0.894. The minimum Gasteiger partial charge on any atom is -0.481 e. The fourth-order valence-electron chi connectivity index (χ4n) is 1.53. The third kappa shape index (κ3) is 5.03. The van der Waals surface area contributed by atoms with Gasteiger partial charge in [0.2, 0.25) is 0 Å². The van der Waals surface area contributed by atoms with Gasteiger partial charge in [-0.15, -0.1) is 0 Å². The summed E-state index contributed by atoms with van der Waals surface area (Å²) in [6, 6.07) is 4.45. The van der Waals surface area contributed by atoms with Crippen LogP contribution >= 0.6 is 15.9 Å². The third-order valence-electron chi connectivity index (χ3n) is 2.44. The molecule has 1 aromatic rings. The first-order valence-corrected chi connectivity index (χ1v) is 6.73. The van der Waals surface area contributed by atoms with Crippen molar-refractivity contribution in [2.75, 3.05) is 19.7 Å². The molecule has 0 aromatic heterocycles. The van der Waals surface area contributed by atoms with Crippen LogP contribution in [-0.4, -0.2) is 30.5 Å². The Morgan fingerprint density at radius 2 is 2.21 bits per heavy atom. The van der Waals surface area contributed by atoms with Crippen molar-refractivity contribution in [2.45, 2.75) is 13.8 Å². The quantitative estimate of drug-likeness (QED) is 0.749. The van der Waals surface area contributed by atoms with Crippen molar-refractivity contribution in [1.82, 2.24) is 4.90 Å².